The van der Waals surface area contributed by atoms with Crippen LogP contribution < -0.4 is 5.32 Å². The lowest BCUT2D eigenvalue weighted by molar-refractivity contribution is -0.116. The van der Waals surface area contributed by atoms with Crippen LogP contribution in [0.15, 0.2) is 54.6 Å². The summed E-state index contributed by atoms with van der Waals surface area (Å²) in [5.74, 6) is -0.496. The number of nitrogens with zero attached hydrogens (tertiary/aromatic N) is 1. The number of esters is 1. The Morgan fingerprint density at radius 1 is 1.08 bits per heavy atom. The number of methoxy groups -OCH3 is 1. The third-order valence-electron chi connectivity index (χ3n) is 3.92. The van der Waals surface area contributed by atoms with Gasteiger partial charge in [0.2, 0.25) is 5.91 Å². The summed E-state index contributed by atoms with van der Waals surface area (Å²) >= 11 is 0. The van der Waals surface area contributed by atoms with Crippen molar-refractivity contribution in [3.8, 4) is 0 Å². The maximum atomic E-state index is 12.2. The molecule has 0 unspecified atom stereocenters. The molecule has 0 fully saturated rings. The second-order valence-electron chi connectivity index (χ2n) is 5.72. The number of carbonyl (C=O) groups excluding carboxylic acids is 2. The fourth-order valence-corrected chi connectivity index (χ4v) is 2.52. The predicted octanol–water partition coefficient (Wildman–Crippen LogP) is 3.32. The summed E-state index contributed by atoms with van der Waals surface area (Å²) in [6, 6.07) is 16.9. The molecule has 25 heavy (non-hydrogen) atoms. The van der Waals surface area contributed by atoms with Gasteiger partial charge in [0.05, 0.1) is 12.7 Å². The van der Waals surface area contributed by atoms with Crippen molar-refractivity contribution < 1.29 is 14.3 Å². The quantitative estimate of drug-likeness (QED) is 0.749. The smallest absolute Gasteiger partial charge is 0.337 e. The van der Waals surface area contributed by atoms with E-state index in [-0.39, 0.29) is 5.91 Å². The van der Waals surface area contributed by atoms with E-state index in [1.807, 2.05) is 18.2 Å². The minimum atomic E-state index is -0.420. The van der Waals surface area contributed by atoms with Crippen LogP contribution >= 0.6 is 0 Å². The Morgan fingerprint density at radius 2 is 1.84 bits per heavy atom. The van der Waals surface area contributed by atoms with Crippen molar-refractivity contribution in [3.63, 3.8) is 0 Å². The number of benzene rings is 2. The maximum Gasteiger partial charge on any atom is 0.337 e. The van der Waals surface area contributed by atoms with E-state index in [0.29, 0.717) is 24.2 Å². The number of hydrogen-bond acceptors (Lipinski definition) is 4. The van der Waals surface area contributed by atoms with E-state index in [0.717, 1.165) is 13.1 Å². The van der Waals surface area contributed by atoms with E-state index in [4.69, 9.17) is 0 Å². The molecule has 2 aromatic carbocycles. The Labute approximate surface area is 148 Å². The highest BCUT2D eigenvalue weighted by atomic mass is 16.5. The molecule has 2 rings (SSSR count). The Morgan fingerprint density at radius 3 is 2.52 bits per heavy atom. The second kappa shape index (κ2) is 9.59. The standard InChI is InChI=1S/C20H24N2O3/c1-3-22(15-16-8-5-4-6-9-16)13-12-19(23)21-18-11-7-10-17(14-18)20(24)25-2/h4-11,14H,3,12-13,15H2,1-2H3,(H,21,23). The van der Waals surface area contributed by atoms with Gasteiger partial charge in [0, 0.05) is 25.2 Å². The molecular weight excluding hydrogens is 316 g/mol. The molecule has 2 aromatic rings. The number of hydrogen-bond donors (Lipinski definition) is 1. The fourth-order valence-electron chi connectivity index (χ4n) is 2.52. The van der Waals surface area contributed by atoms with Crippen LogP contribution in [-0.2, 0) is 16.1 Å². The molecule has 5 heteroatoms. The predicted molar refractivity (Wildman–Crippen MR) is 98.4 cm³/mol. The molecule has 1 N–H and O–H groups in total. The molecule has 0 heterocycles. The maximum absolute atomic E-state index is 12.2. The second-order valence-corrected chi connectivity index (χ2v) is 5.72. The van der Waals surface area contributed by atoms with Crippen molar-refractivity contribution in [1.82, 2.24) is 4.90 Å². The Bertz CT molecular complexity index is 701. The highest BCUT2D eigenvalue weighted by Crippen LogP contribution is 2.12. The SMILES string of the molecule is CCN(CCC(=O)Nc1cccc(C(=O)OC)c1)Cc1ccccc1. The zero-order chi connectivity index (χ0) is 18.1. The number of amides is 1. The molecule has 0 radical (unpaired) electrons. The zero-order valence-electron chi connectivity index (χ0n) is 14.7. The molecule has 0 aliphatic carbocycles. The molecule has 0 aromatic heterocycles. The van der Waals surface area contributed by atoms with Crippen LogP contribution in [0.3, 0.4) is 0 Å². The van der Waals surface area contributed by atoms with Crippen molar-refractivity contribution in [2.45, 2.75) is 19.9 Å². The first kappa shape index (κ1) is 18.7. The third kappa shape index (κ3) is 6.04. The lowest BCUT2D eigenvalue weighted by Crippen LogP contribution is -2.27. The fraction of sp³-hybridized carbons (Fsp3) is 0.300. The minimum absolute atomic E-state index is 0.0754. The van der Waals surface area contributed by atoms with Gasteiger partial charge < -0.3 is 10.1 Å². The normalized spacial score (nSPS) is 10.5. The molecule has 1 amide bonds. The highest BCUT2D eigenvalue weighted by Gasteiger charge is 2.10. The highest BCUT2D eigenvalue weighted by molar-refractivity contribution is 5.94. The largest absolute Gasteiger partial charge is 0.465 e. The van der Waals surface area contributed by atoms with Crippen molar-refractivity contribution >= 4 is 17.6 Å². The topological polar surface area (TPSA) is 58.6 Å². The first-order chi connectivity index (χ1) is 12.1. The summed E-state index contributed by atoms with van der Waals surface area (Å²) < 4.78 is 4.69. The summed E-state index contributed by atoms with van der Waals surface area (Å²) in [6.07, 6.45) is 0.392. The van der Waals surface area contributed by atoms with Gasteiger partial charge in [-0.15, -0.1) is 0 Å². The Hall–Kier alpha value is -2.66. The van der Waals surface area contributed by atoms with E-state index in [2.05, 4.69) is 34.0 Å². The lowest BCUT2D eigenvalue weighted by Gasteiger charge is -2.20. The van der Waals surface area contributed by atoms with Crippen molar-refractivity contribution in [2.24, 2.45) is 0 Å². The number of carbonyl (C=O) groups is 2. The van der Waals surface area contributed by atoms with E-state index >= 15 is 0 Å². The minimum Gasteiger partial charge on any atom is -0.465 e. The summed E-state index contributed by atoms with van der Waals surface area (Å²) in [6.45, 7) is 4.46. The van der Waals surface area contributed by atoms with Gasteiger partial charge in [-0.1, -0.05) is 43.3 Å². The molecular formula is C20H24N2O3. The number of anilines is 1. The monoisotopic (exact) mass is 340 g/mol. The van der Waals surface area contributed by atoms with E-state index in [1.54, 1.807) is 24.3 Å². The average molecular weight is 340 g/mol. The first-order valence-electron chi connectivity index (χ1n) is 8.37. The Balaban J connectivity index is 1.86. The van der Waals surface area contributed by atoms with Gasteiger partial charge in [-0.3, -0.25) is 9.69 Å². The van der Waals surface area contributed by atoms with E-state index < -0.39 is 5.97 Å². The first-order valence-corrected chi connectivity index (χ1v) is 8.37. The van der Waals surface area contributed by atoms with Crippen molar-refractivity contribution in [3.05, 3.63) is 65.7 Å². The number of nitrogens with one attached hydrogen (secondary N) is 1. The van der Waals surface area contributed by atoms with Crippen LogP contribution in [-0.4, -0.2) is 37.0 Å². The van der Waals surface area contributed by atoms with Crippen LogP contribution in [0.2, 0.25) is 0 Å². The molecule has 5 nitrogen and oxygen atoms in total. The lowest BCUT2D eigenvalue weighted by atomic mass is 10.2. The van der Waals surface area contributed by atoms with Gasteiger partial charge in [-0.25, -0.2) is 4.79 Å². The number of rotatable bonds is 8. The molecule has 0 aliphatic rings. The zero-order valence-corrected chi connectivity index (χ0v) is 14.7. The van der Waals surface area contributed by atoms with Crippen LogP contribution in [0.4, 0.5) is 5.69 Å². The van der Waals surface area contributed by atoms with Gasteiger partial charge in [0.1, 0.15) is 0 Å². The molecule has 0 bridgehead atoms. The van der Waals surface area contributed by atoms with Crippen LogP contribution in [0.1, 0.15) is 29.3 Å². The third-order valence-corrected chi connectivity index (χ3v) is 3.92. The van der Waals surface area contributed by atoms with Gasteiger partial charge in [0.25, 0.3) is 0 Å². The Kier molecular flexibility index (Phi) is 7.16. The summed E-state index contributed by atoms with van der Waals surface area (Å²) in [4.78, 5) is 25.9. The van der Waals surface area contributed by atoms with Gasteiger partial charge in [0.15, 0.2) is 0 Å². The molecule has 0 spiro atoms. The van der Waals surface area contributed by atoms with Gasteiger partial charge in [-0.05, 0) is 30.3 Å². The average Bonchev–Trinajstić information content (AvgIpc) is 2.65. The molecule has 132 valence electrons. The molecule has 0 saturated heterocycles. The molecule has 0 atom stereocenters. The van der Waals surface area contributed by atoms with Crippen molar-refractivity contribution in [2.75, 3.05) is 25.5 Å². The van der Waals surface area contributed by atoms with Crippen molar-refractivity contribution in [1.29, 1.82) is 0 Å². The summed E-state index contributed by atoms with van der Waals surface area (Å²) in [7, 11) is 1.33. The van der Waals surface area contributed by atoms with Gasteiger partial charge >= 0.3 is 5.97 Å². The van der Waals surface area contributed by atoms with Crippen LogP contribution in [0, 0.1) is 0 Å². The molecule has 0 aliphatic heterocycles. The van der Waals surface area contributed by atoms with E-state index in [9.17, 15) is 9.59 Å². The summed E-state index contributed by atoms with van der Waals surface area (Å²) in [5, 5.41) is 2.83. The van der Waals surface area contributed by atoms with Crippen LogP contribution in [0.25, 0.3) is 0 Å². The van der Waals surface area contributed by atoms with E-state index in [1.165, 1.54) is 12.7 Å². The van der Waals surface area contributed by atoms with Crippen LogP contribution in [0.5, 0.6) is 0 Å². The molecule has 0 saturated carbocycles. The number of ether oxygens (including phenoxy) is 1. The summed E-state index contributed by atoms with van der Waals surface area (Å²) in [5.41, 5.74) is 2.24. The van der Waals surface area contributed by atoms with Gasteiger partial charge in [-0.2, -0.15) is 0 Å².